The first-order chi connectivity index (χ1) is 8.66. The average Bonchev–Trinajstić information content (AvgIpc) is 2.17. The van der Waals surface area contributed by atoms with Gasteiger partial charge in [0.05, 0.1) is 0 Å². The van der Waals surface area contributed by atoms with Crippen LogP contribution < -0.4 is 5.32 Å². The molecule has 0 bridgehead atoms. The third kappa shape index (κ3) is 4.40. The Labute approximate surface area is 115 Å². The Morgan fingerprint density at radius 2 is 1.89 bits per heavy atom. The summed E-state index contributed by atoms with van der Waals surface area (Å²) in [5.74, 6) is -0.0274. The lowest BCUT2D eigenvalue weighted by Gasteiger charge is -2.47. The lowest BCUT2D eigenvalue weighted by molar-refractivity contribution is -0.119. The monoisotopic (exact) mass is 270 g/mol. The third-order valence-corrected chi connectivity index (χ3v) is 3.98. The van der Waals surface area contributed by atoms with E-state index in [0.717, 1.165) is 25.7 Å². The fourth-order valence-electron chi connectivity index (χ4n) is 2.59. The Bertz CT molecular complexity index is 343. The molecule has 0 radical (unpaired) electrons. The van der Waals surface area contributed by atoms with Crippen LogP contribution in [0.15, 0.2) is 0 Å². The van der Waals surface area contributed by atoms with Gasteiger partial charge in [0.25, 0.3) is 0 Å². The summed E-state index contributed by atoms with van der Waals surface area (Å²) in [7, 11) is 0. The second kappa shape index (κ2) is 5.80. The van der Waals surface area contributed by atoms with Gasteiger partial charge in [-0.05, 0) is 45.4 Å². The van der Waals surface area contributed by atoms with E-state index in [1.165, 1.54) is 11.8 Å². The highest BCUT2D eigenvalue weighted by Gasteiger charge is 2.41. The molecule has 1 rings (SSSR count). The van der Waals surface area contributed by atoms with Gasteiger partial charge in [-0.2, -0.15) is 0 Å². The molecule has 5 nitrogen and oxygen atoms in total. The highest BCUT2D eigenvalue weighted by molar-refractivity contribution is 5.72. The standard InChI is InChI=1S/C14H26N2O3/c1-11(17)15-9-8-14(6-5-7-14)10-16(12(18)19)13(2,3)4/h5-10H2,1-4H3,(H,15,17)(H,18,19). The van der Waals surface area contributed by atoms with Gasteiger partial charge in [-0.25, -0.2) is 4.79 Å². The normalized spacial score (nSPS) is 17.5. The quantitative estimate of drug-likeness (QED) is 0.806. The molecule has 5 heteroatoms. The average molecular weight is 270 g/mol. The summed E-state index contributed by atoms with van der Waals surface area (Å²) in [5.41, 5.74) is -0.337. The molecule has 1 saturated carbocycles. The van der Waals surface area contributed by atoms with Crippen LogP contribution in [-0.2, 0) is 4.79 Å². The predicted octanol–water partition coefficient (Wildman–Crippen LogP) is 2.46. The van der Waals surface area contributed by atoms with E-state index in [0.29, 0.717) is 13.1 Å². The summed E-state index contributed by atoms with van der Waals surface area (Å²) in [6.45, 7) is 8.45. The van der Waals surface area contributed by atoms with Gasteiger partial charge in [-0.15, -0.1) is 0 Å². The first-order valence-corrected chi connectivity index (χ1v) is 6.91. The van der Waals surface area contributed by atoms with E-state index < -0.39 is 6.09 Å². The summed E-state index contributed by atoms with van der Waals surface area (Å²) < 4.78 is 0. The summed E-state index contributed by atoms with van der Waals surface area (Å²) in [6.07, 6.45) is 3.24. The second-order valence-electron chi connectivity index (χ2n) is 6.63. The van der Waals surface area contributed by atoms with Crippen molar-refractivity contribution in [3.8, 4) is 0 Å². The molecule has 0 saturated heterocycles. The SMILES string of the molecule is CC(=O)NCCC1(CN(C(=O)O)C(C)(C)C)CCC1. The minimum atomic E-state index is -0.863. The van der Waals surface area contributed by atoms with E-state index in [4.69, 9.17) is 0 Å². The number of rotatable bonds is 5. The largest absolute Gasteiger partial charge is 0.465 e. The Morgan fingerprint density at radius 3 is 2.21 bits per heavy atom. The predicted molar refractivity (Wildman–Crippen MR) is 74.1 cm³/mol. The van der Waals surface area contributed by atoms with Crippen LogP contribution in [0, 0.1) is 5.41 Å². The van der Waals surface area contributed by atoms with Crippen LogP contribution in [0.3, 0.4) is 0 Å². The Hall–Kier alpha value is -1.26. The van der Waals surface area contributed by atoms with Gasteiger partial charge in [0.15, 0.2) is 0 Å². The molecular weight excluding hydrogens is 244 g/mol. The number of hydrogen-bond donors (Lipinski definition) is 2. The molecule has 0 unspecified atom stereocenters. The molecule has 19 heavy (non-hydrogen) atoms. The van der Waals surface area contributed by atoms with Crippen LogP contribution in [0.1, 0.15) is 53.4 Å². The first-order valence-electron chi connectivity index (χ1n) is 6.91. The van der Waals surface area contributed by atoms with Crippen molar-refractivity contribution in [2.24, 2.45) is 5.41 Å². The minimum absolute atomic E-state index is 0.0274. The molecule has 0 aromatic rings. The van der Waals surface area contributed by atoms with Gasteiger partial charge >= 0.3 is 6.09 Å². The maximum atomic E-state index is 11.4. The van der Waals surface area contributed by atoms with E-state index in [9.17, 15) is 14.7 Å². The molecule has 1 aliphatic rings. The smallest absolute Gasteiger partial charge is 0.407 e. The van der Waals surface area contributed by atoms with Crippen molar-refractivity contribution >= 4 is 12.0 Å². The molecule has 0 aromatic heterocycles. The van der Waals surface area contributed by atoms with E-state index in [2.05, 4.69) is 5.32 Å². The van der Waals surface area contributed by atoms with Crippen molar-refractivity contribution in [1.82, 2.24) is 10.2 Å². The van der Waals surface area contributed by atoms with Crippen LogP contribution in [0.2, 0.25) is 0 Å². The van der Waals surface area contributed by atoms with Crippen molar-refractivity contribution in [2.75, 3.05) is 13.1 Å². The maximum absolute atomic E-state index is 11.4. The van der Waals surface area contributed by atoms with Gasteiger partial charge in [0.2, 0.25) is 5.91 Å². The van der Waals surface area contributed by atoms with Crippen LogP contribution in [0.4, 0.5) is 4.79 Å². The molecule has 0 aliphatic heterocycles. The molecule has 2 N–H and O–H groups in total. The van der Waals surface area contributed by atoms with E-state index in [1.54, 1.807) is 0 Å². The minimum Gasteiger partial charge on any atom is -0.465 e. The number of hydrogen-bond acceptors (Lipinski definition) is 2. The Balaban J connectivity index is 2.63. The zero-order chi connectivity index (χ0) is 14.7. The molecule has 110 valence electrons. The highest BCUT2D eigenvalue weighted by atomic mass is 16.4. The second-order valence-corrected chi connectivity index (χ2v) is 6.63. The Morgan fingerprint density at radius 1 is 1.32 bits per heavy atom. The van der Waals surface area contributed by atoms with Crippen molar-refractivity contribution in [2.45, 2.75) is 58.9 Å². The van der Waals surface area contributed by atoms with Gasteiger partial charge in [0, 0.05) is 25.6 Å². The molecule has 0 atom stereocenters. The summed E-state index contributed by atoms with van der Waals surface area (Å²) in [4.78, 5) is 23.8. The van der Waals surface area contributed by atoms with Crippen molar-refractivity contribution < 1.29 is 14.7 Å². The Kier molecular flexibility index (Phi) is 4.82. The van der Waals surface area contributed by atoms with Gasteiger partial charge in [-0.3, -0.25) is 4.79 Å². The van der Waals surface area contributed by atoms with Crippen molar-refractivity contribution in [1.29, 1.82) is 0 Å². The molecule has 2 amide bonds. The first kappa shape index (κ1) is 15.8. The zero-order valence-corrected chi connectivity index (χ0v) is 12.5. The third-order valence-electron chi connectivity index (χ3n) is 3.98. The number of carboxylic acid groups (broad SMARTS) is 1. The van der Waals surface area contributed by atoms with Crippen LogP contribution in [-0.4, -0.2) is 40.6 Å². The highest BCUT2D eigenvalue weighted by Crippen LogP contribution is 2.45. The van der Waals surface area contributed by atoms with Crippen molar-refractivity contribution in [3.63, 3.8) is 0 Å². The number of nitrogens with one attached hydrogen (secondary N) is 1. The molecule has 0 aromatic carbocycles. The molecular formula is C14H26N2O3. The van der Waals surface area contributed by atoms with Crippen LogP contribution in [0.25, 0.3) is 0 Å². The lowest BCUT2D eigenvalue weighted by Crippen LogP contribution is -2.53. The van der Waals surface area contributed by atoms with Gasteiger partial charge in [-0.1, -0.05) is 6.42 Å². The molecule has 0 spiro atoms. The summed E-state index contributed by atoms with van der Waals surface area (Å²) in [5, 5.41) is 12.2. The number of nitrogens with zero attached hydrogens (tertiary/aromatic N) is 1. The van der Waals surface area contributed by atoms with Crippen LogP contribution >= 0.6 is 0 Å². The molecule has 0 heterocycles. The van der Waals surface area contributed by atoms with Gasteiger partial charge in [0.1, 0.15) is 0 Å². The topological polar surface area (TPSA) is 69.6 Å². The van der Waals surface area contributed by atoms with E-state index in [-0.39, 0.29) is 16.9 Å². The summed E-state index contributed by atoms with van der Waals surface area (Å²) in [6, 6.07) is 0. The van der Waals surface area contributed by atoms with E-state index in [1.807, 2.05) is 20.8 Å². The fraction of sp³-hybridized carbons (Fsp3) is 0.857. The van der Waals surface area contributed by atoms with Crippen molar-refractivity contribution in [3.05, 3.63) is 0 Å². The van der Waals surface area contributed by atoms with Crippen LogP contribution in [0.5, 0.6) is 0 Å². The molecule has 1 aliphatic carbocycles. The zero-order valence-electron chi connectivity index (χ0n) is 12.5. The van der Waals surface area contributed by atoms with E-state index >= 15 is 0 Å². The maximum Gasteiger partial charge on any atom is 0.407 e. The number of carbonyl (C=O) groups excluding carboxylic acids is 1. The number of carbonyl (C=O) groups is 2. The fourth-order valence-corrected chi connectivity index (χ4v) is 2.59. The lowest BCUT2D eigenvalue weighted by atomic mass is 9.66. The summed E-state index contributed by atoms with van der Waals surface area (Å²) >= 11 is 0. The van der Waals surface area contributed by atoms with Gasteiger partial charge < -0.3 is 15.3 Å². The molecule has 1 fully saturated rings. The number of amides is 2.